The fourth-order valence-electron chi connectivity index (χ4n) is 5.80. The van der Waals surface area contributed by atoms with Crippen molar-refractivity contribution in [3.63, 3.8) is 0 Å². The van der Waals surface area contributed by atoms with Gasteiger partial charge in [0.1, 0.15) is 23.0 Å². The number of carbonyl (C=O) groups excluding carboxylic acids is 4. The summed E-state index contributed by atoms with van der Waals surface area (Å²) in [7, 11) is 4.15. The Morgan fingerprint density at radius 3 is 1.44 bits per heavy atom. The molecule has 0 bridgehead atoms. The van der Waals surface area contributed by atoms with Crippen molar-refractivity contribution >= 4 is 35.1 Å². The van der Waals surface area contributed by atoms with Gasteiger partial charge in [-0.1, -0.05) is 23.7 Å². The van der Waals surface area contributed by atoms with Gasteiger partial charge in [0.05, 0.1) is 50.3 Å². The van der Waals surface area contributed by atoms with Crippen molar-refractivity contribution in [2.75, 3.05) is 32.0 Å². The summed E-state index contributed by atoms with van der Waals surface area (Å²) in [5.74, 6) is 11.2. The molecule has 0 saturated heterocycles. The molecule has 6 rings (SSSR count). The Balaban J connectivity index is 1.01. The second-order valence-electron chi connectivity index (χ2n) is 13.2. The normalized spacial score (nSPS) is 10.1. The first-order valence-corrected chi connectivity index (χ1v) is 18.7. The van der Waals surface area contributed by atoms with Gasteiger partial charge in [-0.05, 0) is 109 Å². The maximum absolute atomic E-state index is 13.1. The summed E-state index contributed by atoms with van der Waals surface area (Å²) in [4.78, 5) is 50.2. The molecule has 0 spiro atoms. The molecule has 2 amide bonds. The van der Waals surface area contributed by atoms with E-state index in [4.69, 9.17) is 23.7 Å². The first kappa shape index (κ1) is 43.1. The van der Waals surface area contributed by atoms with Gasteiger partial charge in [-0.25, -0.2) is 9.59 Å². The number of benzene rings is 6. The number of carbonyl (C=O) groups is 4. The number of ether oxygens (including phenoxy) is 5. The van der Waals surface area contributed by atoms with Gasteiger partial charge in [-0.2, -0.15) is 0 Å². The van der Waals surface area contributed by atoms with Crippen LogP contribution in [0.15, 0.2) is 121 Å². The number of hydrogen-bond acceptors (Lipinski definition) is 11. The molecule has 0 fully saturated rings. The third-order valence-electron chi connectivity index (χ3n) is 8.97. The lowest BCUT2D eigenvalue weighted by Crippen LogP contribution is -2.16. The van der Waals surface area contributed by atoms with Crippen molar-refractivity contribution in [2.24, 2.45) is 0 Å². The van der Waals surface area contributed by atoms with E-state index in [9.17, 15) is 29.4 Å². The van der Waals surface area contributed by atoms with E-state index in [1.54, 1.807) is 54.6 Å². The number of esters is 2. The molecule has 6 aromatic carbocycles. The average Bonchev–Trinajstić information content (AvgIpc) is 3.28. The van der Waals surface area contributed by atoms with Gasteiger partial charge in [-0.15, -0.1) is 0 Å². The quantitative estimate of drug-likeness (QED) is 0.0583. The predicted octanol–water partition coefficient (Wildman–Crippen LogP) is 7.36. The number of methoxy groups -OCH3 is 3. The number of rotatable bonds is 11. The summed E-state index contributed by atoms with van der Waals surface area (Å²) in [5.41, 5.74) is 4.40. The lowest BCUT2D eigenvalue weighted by atomic mass is 10.1. The maximum Gasteiger partial charge on any atom is 0.343 e. The smallest absolute Gasteiger partial charge is 0.343 e. The van der Waals surface area contributed by atoms with Crippen LogP contribution in [0.2, 0.25) is 0 Å². The van der Waals surface area contributed by atoms with E-state index in [-0.39, 0.29) is 56.8 Å². The first-order chi connectivity index (χ1) is 30.0. The van der Waals surface area contributed by atoms with Crippen LogP contribution in [-0.2, 0) is 11.4 Å². The van der Waals surface area contributed by atoms with Crippen molar-refractivity contribution in [1.29, 1.82) is 0 Å². The minimum atomic E-state index is -0.673. The molecule has 13 heteroatoms. The number of aliphatic hydroxyl groups excluding tert-OH is 1. The number of phenolic OH excluding ortho intramolecular Hbond substituents is 1. The molecule has 62 heavy (non-hydrogen) atoms. The lowest BCUT2D eigenvalue weighted by Gasteiger charge is -2.14. The van der Waals surface area contributed by atoms with Crippen molar-refractivity contribution in [3.05, 3.63) is 166 Å². The van der Waals surface area contributed by atoms with Gasteiger partial charge in [-0.3, -0.25) is 9.59 Å². The minimum absolute atomic E-state index is 0.0741. The Hall–Kier alpha value is -8.52. The summed E-state index contributed by atoms with van der Waals surface area (Å²) in [5, 5.41) is 25.4. The Kier molecular flexibility index (Phi) is 13.9. The summed E-state index contributed by atoms with van der Waals surface area (Å²) in [6.45, 7) is 0.899. The number of amides is 2. The number of aliphatic hydroxyl groups is 1. The van der Waals surface area contributed by atoms with Crippen LogP contribution in [0.5, 0.6) is 34.5 Å². The second-order valence-corrected chi connectivity index (χ2v) is 13.2. The second kappa shape index (κ2) is 20.0. The monoisotopic (exact) mass is 830 g/mol. The lowest BCUT2D eigenvalue weighted by molar-refractivity contribution is -0.114. The fourth-order valence-corrected chi connectivity index (χ4v) is 5.80. The zero-order valence-electron chi connectivity index (χ0n) is 33.8. The topological polar surface area (TPSA) is 179 Å². The molecule has 0 aliphatic heterocycles. The van der Waals surface area contributed by atoms with Crippen LogP contribution in [0, 0.1) is 23.7 Å². The van der Waals surface area contributed by atoms with Gasteiger partial charge in [0.25, 0.3) is 5.91 Å². The van der Waals surface area contributed by atoms with Crippen molar-refractivity contribution < 1.29 is 53.1 Å². The predicted molar refractivity (Wildman–Crippen MR) is 230 cm³/mol. The number of nitrogens with one attached hydrogen (secondary N) is 2. The molecular weight excluding hydrogens is 793 g/mol. The van der Waals surface area contributed by atoms with Gasteiger partial charge >= 0.3 is 11.9 Å². The van der Waals surface area contributed by atoms with Crippen molar-refractivity contribution in [3.8, 4) is 58.2 Å². The zero-order chi connectivity index (χ0) is 44.2. The van der Waals surface area contributed by atoms with E-state index < -0.39 is 24.5 Å². The van der Waals surface area contributed by atoms with Crippen LogP contribution in [0.1, 0.15) is 65.8 Å². The molecule has 0 aliphatic carbocycles. The summed E-state index contributed by atoms with van der Waals surface area (Å²) >= 11 is 0. The molecule has 0 aromatic heterocycles. The minimum Gasteiger partial charge on any atom is -0.504 e. The van der Waals surface area contributed by atoms with Gasteiger partial charge < -0.3 is 44.5 Å². The first-order valence-electron chi connectivity index (χ1n) is 18.7. The van der Waals surface area contributed by atoms with E-state index in [0.717, 1.165) is 11.1 Å². The molecule has 0 radical (unpaired) electrons. The highest BCUT2D eigenvalue weighted by Gasteiger charge is 2.20. The van der Waals surface area contributed by atoms with Crippen LogP contribution in [-0.4, -0.2) is 55.3 Å². The van der Waals surface area contributed by atoms with Gasteiger partial charge in [0.15, 0.2) is 11.5 Å². The largest absolute Gasteiger partial charge is 0.504 e. The van der Waals surface area contributed by atoms with Crippen LogP contribution in [0.4, 0.5) is 11.4 Å². The highest BCUT2D eigenvalue weighted by Crippen LogP contribution is 2.34. The Morgan fingerprint density at radius 2 is 0.984 bits per heavy atom. The van der Waals surface area contributed by atoms with E-state index in [0.29, 0.717) is 28.3 Å². The molecule has 4 N–H and O–H groups in total. The fraction of sp³-hybridized carbons (Fsp3) is 0.102. The van der Waals surface area contributed by atoms with E-state index >= 15 is 0 Å². The Labute approximate surface area is 356 Å². The maximum atomic E-state index is 13.1. The number of phenols is 1. The van der Waals surface area contributed by atoms with E-state index in [2.05, 4.69) is 34.3 Å². The molecule has 0 heterocycles. The standard InChI is InChI=1S/C49H38N2O11/c1-30(53)50-42-24-18-36(26-45(42)59-3)49(57)62-39-21-15-34(16-22-39)12-10-32-7-5-31(6-8-32)9-11-33-13-19-38(20-14-33)61-48(56)35-17-23-41(37(25-35)29-52)51-47(55)40-27-46(60-4)43(54)28-44(40)58-2/h5-8,13-28,52,54H,29H2,1-4H3,(H,50,53)(H,51,55). The van der Waals surface area contributed by atoms with Crippen LogP contribution in [0.25, 0.3) is 0 Å². The average molecular weight is 831 g/mol. The molecule has 0 saturated carbocycles. The SMILES string of the molecule is COc1cc(C(=O)Nc2ccc(C(=O)Oc3ccc(C#Cc4ccc(C#Cc5ccc(OC(=O)c6ccc(NC(C)=O)c(OC)c6)cc5)cc4)cc3)cc2CO)c(OC)cc1O. The van der Waals surface area contributed by atoms with E-state index in [1.807, 2.05) is 24.3 Å². The number of anilines is 2. The van der Waals surface area contributed by atoms with Crippen LogP contribution in [0.3, 0.4) is 0 Å². The number of hydrogen-bond donors (Lipinski definition) is 4. The number of aromatic hydroxyl groups is 1. The third kappa shape index (κ3) is 10.9. The molecule has 0 atom stereocenters. The zero-order valence-corrected chi connectivity index (χ0v) is 33.8. The molecule has 0 unspecified atom stereocenters. The highest BCUT2D eigenvalue weighted by atomic mass is 16.5. The molecule has 13 nitrogen and oxygen atoms in total. The molecule has 0 aliphatic rings. The van der Waals surface area contributed by atoms with Crippen LogP contribution >= 0.6 is 0 Å². The van der Waals surface area contributed by atoms with Gasteiger partial charge in [0.2, 0.25) is 5.91 Å². The van der Waals surface area contributed by atoms with E-state index in [1.165, 1.54) is 70.7 Å². The van der Waals surface area contributed by atoms with Crippen molar-refractivity contribution in [2.45, 2.75) is 13.5 Å². The Morgan fingerprint density at radius 1 is 0.532 bits per heavy atom. The summed E-state index contributed by atoms with van der Waals surface area (Å²) in [6.07, 6.45) is 0. The molecule has 6 aromatic rings. The highest BCUT2D eigenvalue weighted by molar-refractivity contribution is 6.07. The third-order valence-corrected chi connectivity index (χ3v) is 8.97. The molecule has 310 valence electrons. The van der Waals surface area contributed by atoms with Crippen molar-refractivity contribution in [1.82, 2.24) is 0 Å². The Bertz CT molecular complexity index is 2780. The summed E-state index contributed by atoms with van der Waals surface area (Å²) in [6, 6.07) is 32.4. The molecular formula is C49H38N2O11. The van der Waals surface area contributed by atoms with Crippen LogP contribution < -0.4 is 34.3 Å². The summed E-state index contributed by atoms with van der Waals surface area (Å²) < 4.78 is 26.6. The van der Waals surface area contributed by atoms with Gasteiger partial charge in [0, 0.05) is 52.6 Å².